The van der Waals surface area contributed by atoms with E-state index in [4.69, 9.17) is 21.3 Å². The number of alkyl halides is 1. The summed E-state index contributed by atoms with van der Waals surface area (Å²) in [6, 6.07) is 10.3. The summed E-state index contributed by atoms with van der Waals surface area (Å²) in [5.74, 6) is 2.00. The molecule has 0 aliphatic carbocycles. The van der Waals surface area contributed by atoms with Gasteiger partial charge in [0.05, 0.1) is 18.0 Å². The maximum Gasteiger partial charge on any atom is 0.133 e. The van der Waals surface area contributed by atoms with Gasteiger partial charge >= 0.3 is 0 Å². The van der Waals surface area contributed by atoms with E-state index in [2.05, 4.69) is 30.9 Å². The Labute approximate surface area is 131 Å². The second kappa shape index (κ2) is 7.62. The van der Waals surface area contributed by atoms with Gasteiger partial charge in [-0.05, 0) is 18.1 Å². The summed E-state index contributed by atoms with van der Waals surface area (Å²) in [6.45, 7) is 6.87. The zero-order valence-electron chi connectivity index (χ0n) is 13.0. The van der Waals surface area contributed by atoms with Crippen LogP contribution in [0.25, 0.3) is 10.9 Å². The molecule has 0 spiro atoms. The number of hydrogen-bond donors (Lipinski definition) is 0. The quantitative estimate of drug-likeness (QED) is 0.721. The summed E-state index contributed by atoms with van der Waals surface area (Å²) in [4.78, 5) is 7.11. The van der Waals surface area contributed by atoms with Gasteiger partial charge in [0.25, 0.3) is 0 Å². The van der Waals surface area contributed by atoms with E-state index in [0.717, 1.165) is 35.4 Å². The van der Waals surface area contributed by atoms with Gasteiger partial charge in [-0.3, -0.25) is 0 Å². The largest absolute Gasteiger partial charge is 0.383 e. The highest BCUT2D eigenvalue weighted by atomic mass is 35.5. The molecule has 0 saturated carbocycles. The lowest BCUT2D eigenvalue weighted by molar-refractivity contribution is 0.204. The van der Waals surface area contributed by atoms with Gasteiger partial charge in [0.15, 0.2) is 0 Å². The molecule has 1 heterocycles. The minimum atomic E-state index is 0.467. The maximum absolute atomic E-state index is 6.15. The van der Waals surface area contributed by atoms with Crippen LogP contribution in [-0.4, -0.2) is 31.8 Å². The fraction of sp³-hybridized carbons (Fsp3) is 0.471. The molecule has 21 heavy (non-hydrogen) atoms. The number of anilines is 1. The summed E-state index contributed by atoms with van der Waals surface area (Å²) >= 11 is 6.15. The molecule has 0 amide bonds. The van der Waals surface area contributed by atoms with Crippen LogP contribution in [-0.2, 0) is 10.6 Å². The number of methoxy groups -OCH3 is 1. The molecule has 0 bridgehead atoms. The van der Waals surface area contributed by atoms with E-state index in [-0.39, 0.29) is 0 Å². The lowest BCUT2D eigenvalue weighted by Gasteiger charge is -2.27. The molecule has 0 saturated heterocycles. The molecule has 114 valence electrons. The third-order valence-electron chi connectivity index (χ3n) is 3.37. The Hall–Kier alpha value is -1.32. The van der Waals surface area contributed by atoms with Gasteiger partial charge in [0, 0.05) is 31.1 Å². The van der Waals surface area contributed by atoms with Crippen LogP contribution in [0.15, 0.2) is 30.3 Å². The van der Waals surface area contributed by atoms with Crippen molar-refractivity contribution in [3.63, 3.8) is 0 Å². The van der Waals surface area contributed by atoms with Crippen LogP contribution in [0.3, 0.4) is 0 Å². The molecular weight excluding hydrogens is 284 g/mol. The minimum absolute atomic E-state index is 0.467. The van der Waals surface area contributed by atoms with E-state index >= 15 is 0 Å². The Morgan fingerprint density at radius 1 is 1.29 bits per heavy atom. The van der Waals surface area contributed by atoms with Crippen molar-refractivity contribution in [2.75, 3.05) is 31.7 Å². The van der Waals surface area contributed by atoms with E-state index in [0.29, 0.717) is 18.4 Å². The second-order valence-electron chi connectivity index (χ2n) is 5.63. The summed E-state index contributed by atoms with van der Waals surface area (Å²) in [5, 5.41) is 1.13. The molecule has 0 atom stereocenters. The highest BCUT2D eigenvalue weighted by Crippen LogP contribution is 2.25. The highest BCUT2D eigenvalue weighted by molar-refractivity contribution is 6.17. The molecule has 2 aromatic rings. The van der Waals surface area contributed by atoms with Gasteiger partial charge in [0.2, 0.25) is 0 Å². The predicted molar refractivity (Wildman–Crippen MR) is 90.2 cm³/mol. The Bertz CT molecular complexity index is 586. The Morgan fingerprint density at radius 2 is 2.05 bits per heavy atom. The highest BCUT2D eigenvalue weighted by Gasteiger charge is 2.15. The van der Waals surface area contributed by atoms with Crippen molar-refractivity contribution in [1.82, 2.24) is 4.98 Å². The van der Waals surface area contributed by atoms with Gasteiger partial charge in [-0.25, -0.2) is 4.98 Å². The summed E-state index contributed by atoms with van der Waals surface area (Å²) < 4.78 is 5.23. The van der Waals surface area contributed by atoms with Crippen LogP contribution in [0.4, 0.5) is 5.82 Å². The topological polar surface area (TPSA) is 25.4 Å². The molecule has 0 fully saturated rings. The van der Waals surface area contributed by atoms with E-state index in [1.165, 1.54) is 0 Å². The zero-order chi connectivity index (χ0) is 15.2. The Morgan fingerprint density at radius 3 is 2.71 bits per heavy atom. The number of pyridine rings is 1. The van der Waals surface area contributed by atoms with Crippen LogP contribution in [0, 0.1) is 5.92 Å². The number of nitrogens with zero attached hydrogens (tertiary/aromatic N) is 2. The molecule has 0 unspecified atom stereocenters. The number of hydrogen-bond acceptors (Lipinski definition) is 3. The van der Waals surface area contributed by atoms with E-state index in [1.807, 2.05) is 18.2 Å². The number of benzene rings is 1. The van der Waals surface area contributed by atoms with Gasteiger partial charge in [-0.15, -0.1) is 11.6 Å². The number of ether oxygens (including phenoxy) is 1. The number of aromatic nitrogens is 1. The monoisotopic (exact) mass is 306 g/mol. The molecule has 0 N–H and O–H groups in total. The lowest BCUT2D eigenvalue weighted by Crippen LogP contribution is -2.32. The Kier molecular flexibility index (Phi) is 5.83. The molecule has 3 nitrogen and oxygen atoms in total. The molecular formula is C17H23ClN2O. The normalized spacial score (nSPS) is 11.3. The van der Waals surface area contributed by atoms with E-state index in [9.17, 15) is 0 Å². The maximum atomic E-state index is 6.15. The summed E-state index contributed by atoms with van der Waals surface area (Å²) in [7, 11) is 1.73. The summed E-state index contributed by atoms with van der Waals surface area (Å²) in [6.07, 6.45) is 0. The van der Waals surface area contributed by atoms with Crippen molar-refractivity contribution in [2.24, 2.45) is 5.92 Å². The zero-order valence-corrected chi connectivity index (χ0v) is 13.7. The van der Waals surface area contributed by atoms with Crippen LogP contribution >= 0.6 is 11.6 Å². The van der Waals surface area contributed by atoms with Crippen molar-refractivity contribution in [1.29, 1.82) is 0 Å². The second-order valence-corrected chi connectivity index (χ2v) is 5.90. The smallest absolute Gasteiger partial charge is 0.133 e. The minimum Gasteiger partial charge on any atom is -0.383 e. The van der Waals surface area contributed by atoms with Gasteiger partial charge in [-0.1, -0.05) is 32.0 Å². The van der Waals surface area contributed by atoms with E-state index in [1.54, 1.807) is 7.11 Å². The third kappa shape index (κ3) is 4.08. The molecule has 2 rings (SSSR count). The number of para-hydroxylation sites is 1. The average Bonchev–Trinajstić information content (AvgIpc) is 2.49. The first-order valence-electron chi connectivity index (χ1n) is 7.34. The van der Waals surface area contributed by atoms with Crippen LogP contribution in [0.5, 0.6) is 0 Å². The molecule has 0 aliphatic heterocycles. The first-order valence-corrected chi connectivity index (χ1v) is 7.87. The molecule has 1 aromatic carbocycles. The first kappa shape index (κ1) is 16.1. The van der Waals surface area contributed by atoms with E-state index < -0.39 is 0 Å². The van der Waals surface area contributed by atoms with Gasteiger partial charge < -0.3 is 9.64 Å². The number of fused-ring (bicyclic) bond motifs is 1. The lowest BCUT2D eigenvalue weighted by atomic mass is 10.1. The van der Waals surface area contributed by atoms with Crippen molar-refractivity contribution >= 4 is 28.3 Å². The standard InChI is InChI=1S/C17H23ClN2O/c1-13(2)12-20(8-9-21-3)17-15(11-18)10-14-6-4-5-7-16(14)19-17/h4-7,10,13H,8-9,11-12H2,1-3H3. The molecule has 0 aliphatic rings. The van der Waals surface area contributed by atoms with Crippen molar-refractivity contribution in [2.45, 2.75) is 19.7 Å². The SMILES string of the molecule is COCCN(CC(C)C)c1nc2ccccc2cc1CCl. The van der Waals surface area contributed by atoms with Crippen molar-refractivity contribution in [3.05, 3.63) is 35.9 Å². The molecule has 0 radical (unpaired) electrons. The Balaban J connectivity index is 2.43. The van der Waals surface area contributed by atoms with Crippen LogP contribution < -0.4 is 4.90 Å². The van der Waals surface area contributed by atoms with Gasteiger partial charge in [0.1, 0.15) is 5.82 Å². The average molecular weight is 307 g/mol. The van der Waals surface area contributed by atoms with Crippen LogP contribution in [0.1, 0.15) is 19.4 Å². The van der Waals surface area contributed by atoms with Gasteiger partial charge in [-0.2, -0.15) is 0 Å². The fourth-order valence-electron chi connectivity index (χ4n) is 2.45. The molecule has 4 heteroatoms. The van der Waals surface area contributed by atoms with Crippen LogP contribution in [0.2, 0.25) is 0 Å². The van der Waals surface area contributed by atoms with Crippen molar-refractivity contribution in [3.8, 4) is 0 Å². The first-order chi connectivity index (χ1) is 10.2. The number of rotatable bonds is 7. The third-order valence-corrected chi connectivity index (χ3v) is 3.66. The molecule has 1 aromatic heterocycles. The fourth-order valence-corrected chi connectivity index (χ4v) is 2.64. The van der Waals surface area contributed by atoms with Crippen molar-refractivity contribution < 1.29 is 4.74 Å². The summed E-state index contributed by atoms with van der Waals surface area (Å²) in [5.41, 5.74) is 2.08. The predicted octanol–water partition coefficient (Wildman–Crippen LogP) is 4.08. The number of halogens is 1.